The number of nitrogens with zero attached hydrogens (tertiary/aromatic N) is 3. The summed E-state index contributed by atoms with van der Waals surface area (Å²) in [7, 11) is 0. The average molecular weight is 635 g/mol. The molecule has 3 heterocycles. The fourth-order valence-corrected chi connectivity index (χ4v) is 4.32. The van der Waals surface area contributed by atoms with Crippen LogP contribution in [-0.2, 0) is 25.5 Å². The molecule has 5 aromatic rings. The molecule has 4 heteroatoms. The molecule has 0 bridgehead atoms. The molecule has 0 saturated carbocycles. The summed E-state index contributed by atoms with van der Waals surface area (Å²) in [5.41, 5.74) is 9.05. The van der Waals surface area contributed by atoms with Crippen molar-refractivity contribution in [1.29, 1.82) is 0 Å². The maximum Gasteiger partial charge on any atom is 0.0280 e. The fraction of sp³-hybridized carbons (Fsp3) is 0.129. The van der Waals surface area contributed by atoms with Crippen LogP contribution in [0.5, 0.6) is 0 Å². The molecule has 35 heavy (non-hydrogen) atoms. The van der Waals surface area contributed by atoms with Gasteiger partial charge in [-0.15, -0.1) is 42.0 Å². The molecule has 0 aliphatic heterocycles. The van der Waals surface area contributed by atoms with Crippen molar-refractivity contribution in [2.45, 2.75) is 26.1 Å². The SMILES string of the molecule is CC1(C)c2ccccc2-c2cnc(-c3[c-]cncc3)cc21.[2H]C([2H])([2H])c1ccc(-c2[c-]cccc2)nc1.[Ir]. The van der Waals surface area contributed by atoms with Crippen LogP contribution in [0.4, 0.5) is 0 Å². The van der Waals surface area contributed by atoms with Gasteiger partial charge in [-0.3, -0.25) is 4.98 Å². The number of fused-ring (bicyclic) bond motifs is 3. The van der Waals surface area contributed by atoms with Crippen molar-refractivity contribution in [2.75, 3.05) is 0 Å². The van der Waals surface area contributed by atoms with Crippen molar-refractivity contribution >= 4 is 0 Å². The van der Waals surface area contributed by atoms with Gasteiger partial charge in [-0.2, -0.15) is 11.6 Å². The van der Waals surface area contributed by atoms with Crippen LogP contribution in [-0.4, -0.2) is 15.0 Å². The smallest absolute Gasteiger partial charge is 0.0280 e. The second kappa shape index (κ2) is 10.4. The van der Waals surface area contributed by atoms with E-state index in [9.17, 15) is 0 Å². The fourth-order valence-electron chi connectivity index (χ4n) is 4.32. The first kappa shape index (κ1) is 20.9. The second-order valence-electron chi connectivity index (χ2n) is 8.65. The van der Waals surface area contributed by atoms with Crippen LogP contribution in [0.15, 0.2) is 97.6 Å². The van der Waals surface area contributed by atoms with Crippen LogP contribution in [0.3, 0.4) is 0 Å². The minimum Gasteiger partial charge on any atom is -0.320 e. The Morgan fingerprint density at radius 2 is 1.57 bits per heavy atom. The van der Waals surface area contributed by atoms with E-state index >= 15 is 0 Å². The topological polar surface area (TPSA) is 38.7 Å². The van der Waals surface area contributed by atoms with Gasteiger partial charge in [0, 0.05) is 47.6 Å². The van der Waals surface area contributed by atoms with E-state index in [4.69, 9.17) is 4.11 Å². The quantitative estimate of drug-likeness (QED) is 0.195. The Morgan fingerprint density at radius 3 is 2.29 bits per heavy atom. The van der Waals surface area contributed by atoms with Crippen molar-refractivity contribution < 1.29 is 24.2 Å². The molecule has 1 aliphatic rings. The van der Waals surface area contributed by atoms with E-state index in [1.807, 2.05) is 30.5 Å². The number of hydrogen-bond acceptors (Lipinski definition) is 3. The third-order valence-electron chi connectivity index (χ3n) is 6.11. The van der Waals surface area contributed by atoms with Crippen molar-refractivity contribution in [3.63, 3.8) is 0 Å². The van der Waals surface area contributed by atoms with E-state index in [0.717, 1.165) is 22.5 Å². The van der Waals surface area contributed by atoms with Crippen LogP contribution in [0.1, 0.15) is 34.7 Å². The molecule has 3 aromatic heterocycles. The van der Waals surface area contributed by atoms with Crippen LogP contribution < -0.4 is 0 Å². The molecule has 0 atom stereocenters. The monoisotopic (exact) mass is 635 g/mol. The van der Waals surface area contributed by atoms with Gasteiger partial charge in [0.05, 0.1) is 0 Å². The number of hydrogen-bond donors (Lipinski definition) is 0. The molecule has 1 aliphatic carbocycles. The van der Waals surface area contributed by atoms with E-state index in [-0.39, 0.29) is 31.1 Å². The van der Waals surface area contributed by atoms with E-state index in [0.29, 0.717) is 0 Å². The first-order valence-corrected chi connectivity index (χ1v) is 11.1. The van der Waals surface area contributed by atoms with Gasteiger partial charge in [-0.05, 0) is 52.9 Å². The third kappa shape index (κ3) is 5.00. The Bertz CT molecular complexity index is 1520. The molecule has 1 radical (unpaired) electrons. The second-order valence-corrected chi connectivity index (χ2v) is 8.65. The summed E-state index contributed by atoms with van der Waals surface area (Å²) in [6.07, 6.45) is 6.85. The molecule has 6 rings (SSSR count). The van der Waals surface area contributed by atoms with Gasteiger partial charge < -0.3 is 9.97 Å². The Hall–Kier alpha value is -3.46. The number of rotatable bonds is 2. The van der Waals surface area contributed by atoms with Crippen LogP contribution in [0.2, 0.25) is 0 Å². The molecule has 175 valence electrons. The van der Waals surface area contributed by atoms with E-state index in [1.54, 1.807) is 30.6 Å². The summed E-state index contributed by atoms with van der Waals surface area (Å²) in [6.45, 7) is 2.46. The molecule has 0 N–H and O–H groups in total. The molecule has 3 nitrogen and oxygen atoms in total. The van der Waals surface area contributed by atoms with Crippen molar-refractivity contribution in [3.8, 4) is 33.6 Å². The minimum atomic E-state index is -2.09. The Morgan fingerprint density at radius 1 is 0.771 bits per heavy atom. The Kier molecular flexibility index (Phi) is 6.22. The maximum absolute atomic E-state index is 7.23. The van der Waals surface area contributed by atoms with E-state index in [1.165, 1.54) is 28.5 Å². The van der Waals surface area contributed by atoms with Crippen molar-refractivity contribution in [2.24, 2.45) is 0 Å². The molecule has 0 spiro atoms. The van der Waals surface area contributed by atoms with Crippen molar-refractivity contribution in [1.82, 2.24) is 15.0 Å². The zero-order valence-corrected chi connectivity index (χ0v) is 21.8. The van der Waals surface area contributed by atoms with Gasteiger partial charge in [-0.25, -0.2) is 0 Å². The Labute approximate surface area is 224 Å². The van der Waals surface area contributed by atoms with Gasteiger partial charge >= 0.3 is 0 Å². The number of pyridine rings is 3. The van der Waals surface area contributed by atoms with E-state index in [2.05, 4.69) is 71.3 Å². The zero-order valence-electron chi connectivity index (χ0n) is 22.4. The van der Waals surface area contributed by atoms with Crippen LogP contribution in [0, 0.1) is 19.0 Å². The summed E-state index contributed by atoms with van der Waals surface area (Å²) >= 11 is 0. The normalized spacial score (nSPS) is 14.1. The zero-order chi connectivity index (χ0) is 26.0. The largest absolute Gasteiger partial charge is 0.320 e. The molecule has 0 amide bonds. The Balaban J connectivity index is 0.000000179. The molecule has 0 unspecified atom stereocenters. The molecule has 0 fully saturated rings. The summed E-state index contributed by atoms with van der Waals surface area (Å²) in [6, 6.07) is 29.7. The minimum absolute atomic E-state index is 0. The van der Waals surface area contributed by atoms with Gasteiger partial charge in [-0.1, -0.05) is 56.3 Å². The predicted octanol–water partition coefficient (Wildman–Crippen LogP) is 7.10. The van der Waals surface area contributed by atoms with Crippen LogP contribution in [0.25, 0.3) is 33.6 Å². The molecular weight excluding hydrogens is 607 g/mol. The third-order valence-corrected chi connectivity index (χ3v) is 6.11. The first-order chi connectivity index (χ1) is 17.7. The first-order valence-electron chi connectivity index (χ1n) is 12.6. The number of aromatic nitrogens is 3. The van der Waals surface area contributed by atoms with Crippen molar-refractivity contribution in [3.05, 3.63) is 126 Å². The average Bonchev–Trinajstić information content (AvgIpc) is 3.16. The number of aryl methyl sites for hydroxylation is 1. The summed E-state index contributed by atoms with van der Waals surface area (Å²) in [5.74, 6) is 0. The predicted molar refractivity (Wildman–Crippen MR) is 137 cm³/mol. The van der Waals surface area contributed by atoms with Gasteiger partial charge in [0.15, 0.2) is 0 Å². The van der Waals surface area contributed by atoms with Gasteiger partial charge in [0.1, 0.15) is 0 Å². The summed E-state index contributed by atoms with van der Waals surface area (Å²) < 4.78 is 21.7. The summed E-state index contributed by atoms with van der Waals surface area (Å²) in [4.78, 5) is 12.8. The van der Waals surface area contributed by atoms with Gasteiger partial charge in [0.2, 0.25) is 0 Å². The molecular formula is C31H25IrN3-2. The summed E-state index contributed by atoms with van der Waals surface area (Å²) in [5, 5.41) is 0. The maximum atomic E-state index is 7.23. The standard InChI is InChI=1S/C19H15N2.C12H10N.Ir/c1-19(2)16-6-4-3-5-14(16)15-12-21-18(11-17(15)19)13-7-9-20-10-8-13;1-10-7-8-12(13-9-10)11-5-3-2-4-6-11;/h3-7,9-12H,1-2H3;2-5,7-9H,1H3;/q2*-1;/i;1D3;. The molecule has 0 saturated heterocycles. The number of benzene rings is 2. The van der Waals surface area contributed by atoms with E-state index < -0.39 is 6.85 Å². The van der Waals surface area contributed by atoms with Gasteiger partial charge in [0.25, 0.3) is 0 Å². The van der Waals surface area contributed by atoms with Crippen LogP contribution >= 0.6 is 0 Å². The molecule has 2 aromatic carbocycles.